The zero-order valence-electron chi connectivity index (χ0n) is 15.7. The van der Waals surface area contributed by atoms with Crippen LogP contribution in [0.25, 0.3) is 10.9 Å². The first-order valence-corrected chi connectivity index (χ1v) is 9.26. The third-order valence-electron chi connectivity index (χ3n) is 4.95. The fourth-order valence-electron chi connectivity index (χ4n) is 3.62. The lowest BCUT2D eigenvalue weighted by molar-refractivity contribution is 0.0946. The smallest absolute Gasteiger partial charge is 0.267 e. The van der Waals surface area contributed by atoms with E-state index in [1.54, 1.807) is 6.20 Å². The number of nitrogens with one attached hydrogen (secondary N) is 2. The summed E-state index contributed by atoms with van der Waals surface area (Å²) in [6, 6.07) is 10.0. The zero-order valence-corrected chi connectivity index (χ0v) is 15.7. The molecule has 0 saturated carbocycles. The number of carbonyl (C=O) groups is 1. The second-order valence-electron chi connectivity index (χ2n) is 6.99. The highest BCUT2D eigenvalue weighted by Crippen LogP contribution is 2.22. The third-order valence-corrected chi connectivity index (χ3v) is 4.95. The van der Waals surface area contributed by atoms with Crippen LogP contribution in [0.5, 0.6) is 0 Å². The number of rotatable bonds is 4. The second-order valence-corrected chi connectivity index (χ2v) is 6.99. The Labute approximate surface area is 158 Å². The molecule has 6 nitrogen and oxygen atoms in total. The van der Waals surface area contributed by atoms with E-state index in [9.17, 15) is 4.79 Å². The molecule has 2 N–H and O–H groups in total. The van der Waals surface area contributed by atoms with Gasteiger partial charge in [-0.15, -0.1) is 0 Å². The van der Waals surface area contributed by atoms with Gasteiger partial charge in [0.05, 0.1) is 13.2 Å². The maximum Gasteiger partial charge on any atom is 0.267 e. The van der Waals surface area contributed by atoms with E-state index in [2.05, 4.69) is 46.2 Å². The van der Waals surface area contributed by atoms with E-state index in [0.29, 0.717) is 25.5 Å². The molecular weight excluding hydrogens is 340 g/mol. The van der Waals surface area contributed by atoms with Crippen molar-refractivity contribution in [1.29, 1.82) is 0 Å². The average molecular weight is 364 g/mol. The van der Waals surface area contributed by atoms with Crippen LogP contribution in [0.4, 0.5) is 5.82 Å². The Bertz CT molecular complexity index is 973. The summed E-state index contributed by atoms with van der Waals surface area (Å²) in [5.74, 6) is 0.809. The van der Waals surface area contributed by atoms with Crippen molar-refractivity contribution in [3.05, 3.63) is 58.9 Å². The first kappa shape index (κ1) is 17.5. The SMILES string of the molecule is Cc1cc(C)c2cc(C(=O)NCc3cccnc3N3CCOCC3)[nH]c2c1. The Kier molecular flexibility index (Phi) is 4.81. The van der Waals surface area contributed by atoms with Crippen molar-refractivity contribution in [2.45, 2.75) is 20.4 Å². The van der Waals surface area contributed by atoms with Crippen LogP contribution in [0.3, 0.4) is 0 Å². The van der Waals surface area contributed by atoms with Crippen LogP contribution in [0.15, 0.2) is 36.5 Å². The predicted octanol–water partition coefficient (Wildman–Crippen LogP) is 2.95. The quantitative estimate of drug-likeness (QED) is 0.747. The maximum absolute atomic E-state index is 12.7. The molecule has 140 valence electrons. The molecule has 3 heterocycles. The van der Waals surface area contributed by atoms with Gasteiger partial charge in [0.1, 0.15) is 11.5 Å². The number of benzene rings is 1. The van der Waals surface area contributed by atoms with Gasteiger partial charge in [-0.25, -0.2) is 4.98 Å². The zero-order chi connectivity index (χ0) is 18.8. The topological polar surface area (TPSA) is 70.2 Å². The number of aryl methyl sites for hydroxylation is 2. The van der Waals surface area contributed by atoms with Gasteiger partial charge in [-0.2, -0.15) is 0 Å². The lowest BCUT2D eigenvalue weighted by atomic mass is 10.1. The van der Waals surface area contributed by atoms with Crippen molar-refractivity contribution in [3.63, 3.8) is 0 Å². The van der Waals surface area contributed by atoms with E-state index in [4.69, 9.17) is 4.74 Å². The fraction of sp³-hybridized carbons (Fsp3) is 0.333. The first-order chi connectivity index (χ1) is 13.1. The molecule has 2 aromatic heterocycles. The van der Waals surface area contributed by atoms with Gasteiger partial charge in [0, 0.05) is 42.3 Å². The molecule has 1 aromatic carbocycles. The summed E-state index contributed by atoms with van der Waals surface area (Å²) in [6.45, 7) is 7.61. The number of aromatic nitrogens is 2. The number of carbonyl (C=O) groups excluding carboxylic acids is 1. The minimum Gasteiger partial charge on any atom is -0.378 e. The summed E-state index contributed by atoms with van der Waals surface area (Å²) in [4.78, 5) is 22.6. The molecule has 1 saturated heterocycles. The van der Waals surface area contributed by atoms with Crippen LogP contribution < -0.4 is 10.2 Å². The lowest BCUT2D eigenvalue weighted by Crippen LogP contribution is -2.37. The van der Waals surface area contributed by atoms with Gasteiger partial charge in [0.25, 0.3) is 5.91 Å². The highest BCUT2D eigenvalue weighted by molar-refractivity contribution is 5.99. The van der Waals surface area contributed by atoms with Gasteiger partial charge < -0.3 is 19.9 Å². The summed E-state index contributed by atoms with van der Waals surface area (Å²) in [5.41, 5.74) is 4.93. The molecule has 1 aliphatic heterocycles. The van der Waals surface area contributed by atoms with E-state index in [-0.39, 0.29) is 5.91 Å². The molecule has 27 heavy (non-hydrogen) atoms. The Hall–Kier alpha value is -2.86. The van der Waals surface area contributed by atoms with Gasteiger partial charge in [-0.1, -0.05) is 12.1 Å². The number of nitrogens with zero attached hydrogens (tertiary/aromatic N) is 2. The van der Waals surface area contributed by atoms with Gasteiger partial charge in [0.15, 0.2) is 0 Å². The minimum atomic E-state index is -0.111. The van der Waals surface area contributed by atoms with Crippen molar-refractivity contribution in [3.8, 4) is 0 Å². The Morgan fingerprint density at radius 3 is 2.89 bits per heavy atom. The number of amides is 1. The average Bonchev–Trinajstić information content (AvgIpc) is 3.11. The molecule has 1 amide bonds. The van der Waals surface area contributed by atoms with Crippen molar-refractivity contribution in [1.82, 2.24) is 15.3 Å². The molecular formula is C21H24N4O2. The fourth-order valence-corrected chi connectivity index (χ4v) is 3.62. The van der Waals surface area contributed by atoms with Gasteiger partial charge >= 0.3 is 0 Å². The van der Waals surface area contributed by atoms with Crippen LogP contribution >= 0.6 is 0 Å². The van der Waals surface area contributed by atoms with E-state index < -0.39 is 0 Å². The number of H-pyrrole nitrogens is 1. The number of anilines is 1. The van der Waals surface area contributed by atoms with E-state index >= 15 is 0 Å². The lowest BCUT2D eigenvalue weighted by Gasteiger charge is -2.29. The van der Waals surface area contributed by atoms with Crippen LogP contribution in [0.1, 0.15) is 27.2 Å². The van der Waals surface area contributed by atoms with Gasteiger partial charge in [-0.05, 0) is 43.2 Å². The van der Waals surface area contributed by atoms with Crippen LogP contribution in [0.2, 0.25) is 0 Å². The van der Waals surface area contributed by atoms with E-state index in [1.807, 2.05) is 18.2 Å². The number of fused-ring (bicyclic) bond motifs is 1. The first-order valence-electron chi connectivity index (χ1n) is 9.26. The van der Waals surface area contributed by atoms with Crippen LogP contribution in [-0.4, -0.2) is 42.2 Å². The number of hydrogen-bond acceptors (Lipinski definition) is 4. The van der Waals surface area contributed by atoms with E-state index in [1.165, 1.54) is 11.1 Å². The number of pyridine rings is 1. The molecule has 0 aliphatic carbocycles. The Balaban J connectivity index is 1.51. The highest BCUT2D eigenvalue weighted by Gasteiger charge is 2.17. The number of morpholine rings is 1. The molecule has 1 aliphatic rings. The summed E-state index contributed by atoms with van der Waals surface area (Å²) < 4.78 is 5.42. The van der Waals surface area contributed by atoms with E-state index in [0.717, 1.165) is 35.4 Å². The van der Waals surface area contributed by atoms with Crippen LogP contribution in [-0.2, 0) is 11.3 Å². The molecule has 1 fully saturated rings. The number of aromatic amines is 1. The molecule has 0 bridgehead atoms. The predicted molar refractivity (Wildman–Crippen MR) is 106 cm³/mol. The molecule has 3 aromatic rings. The second kappa shape index (κ2) is 7.40. The molecule has 6 heteroatoms. The van der Waals surface area contributed by atoms with Gasteiger partial charge in [-0.3, -0.25) is 4.79 Å². The number of ether oxygens (including phenoxy) is 1. The molecule has 0 unspecified atom stereocenters. The number of hydrogen-bond donors (Lipinski definition) is 2. The van der Waals surface area contributed by atoms with Crippen molar-refractivity contribution >= 4 is 22.6 Å². The highest BCUT2D eigenvalue weighted by atomic mass is 16.5. The Morgan fingerprint density at radius 1 is 1.26 bits per heavy atom. The maximum atomic E-state index is 12.7. The molecule has 0 radical (unpaired) electrons. The standard InChI is InChI=1S/C21H24N4O2/c1-14-10-15(2)17-12-19(24-18(17)11-14)21(26)23-13-16-4-3-5-22-20(16)25-6-8-27-9-7-25/h3-5,10-12,24H,6-9,13H2,1-2H3,(H,23,26). The largest absolute Gasteiger partial charge is 0.378 e. The minimum absolute atomic E-state index is 0.111. The monoisotopic (exact) mass is 364 g/mol. The molecule has 0 atom stereocenters. The third kappa shape index (κ3) is 3.66. The normalized spacial score (nSPS) is 14.5. The van der Waals surface area contributed by atoms with Crippen molar-refractivity contribution in [2.75, 3.05) is 31.2 Å². The Morgan fingerprint density at radius 2 is 2.07 bits per heavy atom. The molecule has 0 spiro atoms. The van der Waals surface area contributed by atoms with Crippen molar-refractivity contribution < 1.29 is 9.53 Å². The summed E-state index contributed by atoms with van der Waals surface area (Å²) in [5, 5.41) is 4.11. The molecule has 4 rings (SSSR count). The summed E-state index contributed by atoms with van der Waals surface area (Å²) in [6.07, 6.45) is 1.79. The summed E-state index contributed by atoms with van der Waals surface area (Å²) in [7, 11) is 0. The van der Waals surface area contributed by atoms with Crippen molar-refractivity contribution in [2.24, 2.45) is 0 Å². The van der Waals surface area contributed by atoms with Crippen LogP contribution in [0, 0.1) is 13.8 Å². The van der Waals surface area contributed by atoms with Gasteiger partial charge in [0.2, 0.25) is 0 Å². The summed E-state index contributed by atoms with van der Waals surface area (Å²) >= 11 is 0.